The molecule has 1 aromatic rings. The highest BCUT2D eigenvalue weighted by molar-refractivity contribution is 9.09. The second kappa shape index (κ2) is 5.14. The third-order valence-electron chi connectivity index (χ3n) is 3.57. The lowest BCUT2D eigenvalue weighted by molar-refractivity contribution is 0.537. The summed E-state index contributed by atoms with van der Waals surface area (Å²) in [5, 5.41) is 0.796. The largest absolute Gasteiger partial charge is 0.241 e. The Bertz CT molecular complexity index is 574. The van der Waals surface area contributed by atoms with E-state index in [1.54, 1.807) is 13.8 Å². The normalized spacial score (nSPS) is 17.5. The van der Waals surface area contributed by atoms with E-state index in [-0.39, 0.29) is 10.3 Å². The third kappa shape index (κ3) is 3.17. The van der Waals surface area contributed by atoms with Gasteiger partial charge in [-0.2, -0.15) is 0 Å². The first kappa shape index (κ1) is 14.9. The Morgan fingerprint density at radius 2 is 1.84 bits per heavy atom. The minimum atomic E-state index is -3.58. The number of aryl methyl sites for hydroxylation is 2. The first-order valence-electron chi connectivity index (χ1n) is 6.12. The van der Waals surface area contributed by atoms with Crippen molar-refractivity contribution in [3.63, 3.8) is 0 Å². The van der Waals surface area contributed by atoms with Crippen LogP contribution in [-0.4, -0.2) is 20.3 Å². The van der Waals surface area contributed by atoms with Crippen LogP contribution in [-0.2, 0) is 10.0 Å². The molecule has 0 heterocycles. The predicted molar refractivity (Wildman–Crippen MR) is 76.5 cm³/mol. The third-order valence-corrected chi connectivity index (χ3v) is 6.47. The standard InChI is InChI=1S/C13H17BrFNO2S/c1-9-5-11(15)6-10(2)12(9)19(17,18)16-8-13(7-14)3-4-13/h5-6,16H,3-4,7-8H2,1-2H3. The summed E-state index contributed by atoms with van der Waals surface area (Å²) < 4.78 is 40.5. The molecule has 0 unspecified atom stereocenters. The monoisotopic (exact) mass is 349 g/mol. The maximum atomic E-state index is 13.2. The van der Waals surface area contributed by atoms with Gasteiger partial charge in [0.2, 0.25) is 10.0 Å². The van der Waals surface area contributed by atoms with Crippen LogP contribution in [0, 0.1) is 25.1 Å². The second-order valence-electron chi connectivity index (χ2n) is 5.33. The lowest BCUT2D eigenvalue weighted by Gasteiger charge is -2.16. The molecule has 0 bridgehead atoms. The van der Waals surface area contributed by atoms with Gasteiger partial charge in [0.25, 0.3) is 0 Å². The molecule has 1 aromatic carbocycles. The van der Waals surface area contributed by atoms with E-state index in [1.165, 1.54) is 12.1 Å². The van der Waals surface area contributed by atoms with Gasteiger partial charge >= 0.3 is 0 Å². The highest BCUT2D eigenvalue weighted by atomic mass is 79.9. The summed E-state index contributed by atoms with van der Waals surface area (Å²) in [5.74, 6) is -0.409. The topological polar surface area (TPSA) is 46.2 Å². The summed E-state index contributed by atoms with van der Waals surface area (Å²) in [6.07, 6.45) is 2.06. The SMILES string of the molecule is Cc1cc(F)cc(C)c1S(=O)(=O)NCC1(CBr)CC1. The van der Waals surface area contributed by atoms with E-state index in [4.69, 9.17) is 0 Å². The summed E-state index contributed by atoms with van der Waals surface area (Å²) in [6, 6.07) is 2.50. The number of alkyl halides is 1. The number of sulfonamides is 1. The molecule has 1 aliphatic carbocycles. The maximum Gasteiger partial charge on any atom is 0.241 e. The maximum absolute atomic E-state index is 13.2. The highest BCUT2D eigenvalue weighted by Crippen LogP contribution is 2.46. The first-order valence-corrected chi connectivity index (χ1v) is 8.72. The molecule has 1 N–H and O–H groups in total. The van der Waals surface area contributed by atoms with Gasteiger partial charge in [0.05, 0.1) is 4.90 Å². The predicted octanol–water partition coefficient (Wildman–Crippen LogP) is 2.90. The molecule has 6 heteroatoms. The molecule has 0 aliphatic heterocycles. The van der Waals surface area contributed by atoms with Crippen molar-refractivity contribution in [1.82, 2.24) is 4.72 Å². The molecule has 0 amide bonds. The molecule has 1 saturated carbocycles. The summed E-state index contributed by atoms with van der Waals surface area (Å²) >= 11 is 3.41. The molecular formula is C13H17BrFNO2S. The Labute approximate surface area is 121 Å². The average Bonchev–Trinajstić information content (AvgIpc) is 3.05. The van der Waals surface area contributed by atoms with E-state index < -0.39 is 15.8 Å². The highest BCUT2D eigenvalue weighted by Gasteiger charge is 2.42. The van der Waals surface area contributed by atoms with Crippen LogP contribution in [0.5, 0.6) is 0 Å². The van der Waals surface area contributed by atoms with Crippen molar-refractivity contribution < 1.29 is 12.8 Å². The fraction of sp³-hybridized carbons (Fsp3) is 0.538. The molecule has 0 atom stereocenters. The van der Waals surface area contributed by atoms with Crippen molar-refractivity contribution in [3.05, 3.63) is 29.1 Å². The molecule has 19 heavy (non-hydrogen) atoms. The Kier molecular flexibility index (Phi) is 4.05. The Morgan fingerprint density at radius 3 is 2.26 bits per heavy atom. The zero-order valence-electron chi connectivity index (χ0n) is 11.0. The molecule has 106 valence electrons. The molecule has 3 nitrogen and oxygen atoms in total. The first-order chi connectivity index (χ1) is 8.80. The van der Waals surface area contributed by atoms with Gasteiger partial charge in [-0.1, -0.05) is 15.9 Å². The van der Waals surface area contributed by atoms with E-state index >= 15 is 0 Å². The smallest absolute Gasteiger partial charge is 0.211 e. The summed E-state index contributed by atoms with van der Waals surface area (Å²) in [5.41, 5.74) is 0.942. The van der Waals surface area contributed by atoms with Crippen LogP contribution in [0.2, 0.25) is 0 Å². The zero-order chi connectivity index (χ0) is 14.3. The Morgan fingerprint density at radius 1 is 1.32 bits per heavy atom. The minimum absolute atomic E-state index is 0.0644. The van der Waals surface area contributed by atoms with Crippen LogP contribution in [0.25, 0.3) is 0 Å². The van der Waals surface area contributed by atoms with Crippen LogP contribution >= 0.6 is 15.9 Å². The molecule has 1 aliphatic rings. The van der Waals surface area contributed by atoms with Gasteiger partial charge in [0.1, 0.15) is 5.82 Å². The molecule has 0 radical (unpaired) electrons. The van der Waals surface area contributed by atoms with E-state index in [9.17, 15) is 12.8 Å². The number of hydrogen-bond acceptors (Lipinski definition) is 2. The second-order valence-corrected chi connectivity index (χ2v) is 7.59. The Hall–Kier alpha value is -0.460. The van der Waals surface area contributed by atoms with E-state index in [0.29, 0.717) is 17.7 Å². The van der Waals surface area contributed by atoms with Gasteiger partial charge in [0.15, 0.2) is 0 Å². The van der Waals surface area contributed by atoms with Crippen molar-refractivity contribution >= 4 is 26.0 Å². The Balaban J connectivity index is 2.25. The van der Waals surface area contributed by atoms with Gasteiger partial charge in [-0.05, 0) is 55.4 Å². The molecule has 0 aromatic heterocycles. The fourth-order valence-electron chi connectivity index (χ4n) is 2.18. The van der Waals surface area contributed by atoms with E-state index in [2.05, 4.69) is 20.7 Å². The van der Waals surface area contributed by atoms with Gasteiger partial charge in [-0.25, -0.2) is 17.5 Å². The van der Waals surface area contributed by atoms with Crippen molar-refractivity contribution in [2.75, 3.05) is 11.9 Å². The van der Waals surface area contributed by atoms with Crippen LogP contribution in [0.15, 0.2) is 17.0 Å². The van der Waals surface area contributed by atoms with Crippen LogP contribution in [0.1, 0.15) is 24.0 Å². The molecule has 0 saturated heterocycles. The van der Waals surface area contributed by atoms with Crippen LogP contribution in [0.4, 0.5) is 4.39 Å². The van der Waals surface area contributed by atoms with Gasteiger partial charge < -0.3 is 0 Å². The van der Waals surface area contributed by atoms with Crippen molar-refractivity contribution in [1.29, 1.82) is 0 Å². The minimum Gasteiger partial charge on any atom is -0.211 e. The molecule has 0 spiro atoms. The fourth-order valence-corrected chi connectivity index (χ4v) is 4.54. The quantitative estimate of drug-likeness (QED) is 0.830. The summed E-state index contributed by atoms with van der Waals surface area (Å²) in [4.78, 5) is 0.194. The summed E-state index contributed by atoms with van der Waals surface area (Å²) in [7, 11) is -3.58. The molecule has 2 rings (SSSR count). The lowest BCUT2D eigenvalue weighted by atomic mass is 10.1. The average molecular weight is 350 g/mol. The lowest BCUT2D eigenvalue weighted by Crippen LogP contribution is -2.32. The van der Waals surface area contributed by atoms with Crippen LogP contribution in [0.3, 0.4) is 0 Å². The van der Waals surface area contributed by atoms with E-state index in [0.717, 1.165) is 18.2 Å². The molecular weight excluding hydrogens is 333 g/mol. The summed E-state index contributed by atoms with van der Waals surface area (Å²) in [6.45, 7) is 3.65. The van der Waals surface area contributed by atoms with Crippen LogP contribution < -0.4 is 4.72 Å². The number of rotatable bonds is 5. The molecule has 1 fully saturated rings. The number of hydrogen-bond donors (Lipinski definition) is 1. The van der Waals surface area contributed by atoms with Crippen molar-refractivity contribution in [2.45, 2.75) is 31.6 Å². The van der Waals surface area contributed by atoms with E-state index in [1.807, 2.05) is 0 Å². The van der Waals surface area contributed by atoms with Crippen molar-refractivity contribution in [2.24, 2.45) is 5.41 Å². The number of halogens is 2. The van der Waals surface area contributed by atoms with Gasteiger partial charge in [-0.3, -0.25) is 0 Å². The van der Waals surface area contributed by atoms with Gasteiger partial charge in [-0.15, -0.1) is 0 Å². The number of nitrogens with one attached hydrogen (secondary N) is 1. The zero-order valence-corrected chi connectivity index (χ0v) is 13.4. The van der Waals surface area contributed by atoms with Gasteiger partial charge in [0, 0.05) is 11.9 Å². The van der Waals surface area contributed by atoms with Crippen molar-refractivity contribution in [3.8, 4) is 0 Å². The number of benzene rings is 1.